The Labute approximate surface area is 187 Å². The van der Waals surface area contributed by atoms with Gasteiger partial charge in [-0.3, -0.25) is 19.1 Å². The summed E-state index contributed by atoms with van der Waals surface area (Å²) in [5, 5.41) is 33.9. The fraction of sp³-hybridized carbons (Fsp3) is 0.304. The zero-order chi connectivity index (χ0) is 23.7. The molecule has 3 aromatic rings. The molecule has 0 aliphatic carbocycles. The van der Waals surface area contributed by atoms with Crippen molar-refractivity contribution in [1.82, 2.24) is 14.6 Å². The molecule has 1 aromatic heterocycles. The Hall–Kier alpha value is -3.60. The highest BCUT2D eigenvalue weighted by Crippen LogP contribution is 2.53. The molecule has 2 aliphatic heterocycles. The van der Waals surface area contributed by atoms with Gasteiger partial charge in [-0.25, -0.2) is 9.78 Å². The van der Waals surface area contributed by atoms with Crippen LogP contribution in [0, 0.1) is 0 Å². The van der Waals surface area contributed by atoms with Crippen LogP contribution < -0.4 is 10.5 Å². The van der Waals surface area contributed by atoms with E-state index in [9.17, 15) is 29.8 Å². The van der Waals surface area contributed by atoms with Crippen molar-refractivity contribution >= 4 is 28.5 Å². The van der Waals surface area contributed by atoms with Gasteiger partial charge in [-0.2, -0.15) is 5.06 Å². The predicted octanol–water partition coefficient (Wildman–Crippen LogP) is 1.46. The van der Waals surface area contributed by atoms with Crippen molar-refractivity contribution in [1.29, 1.82) is 0 Å². The monoisotopic (exact) mass is 450 g/mol. The number of anilines is 1. The number of rotatable bonds is 4. The summed E-state index contributed by atoms with van der Waals surface area (Å²) >= 11 is 0. The van der Waals surface area contributed by atoms with Gasteiger partial charge in [0.05, 0.1) is 22.9 Å². The van der Waals surface area contributed by atoms with Crippen LogP contribution in [0.5, 0.6) is 0 Å². The second-order valence-corrected chi connectivity index (χ2v) is 8.93. The zero-order valence-corrected chi connectivity index (χ0v) is 17.9. The second-order valence-electron chi connectivity index (χ2n) is 8.93. The van der Waals surface area contributed by atoms with Crippen LogP contribution in [0.2, 0.25) is 0 Å². The van der Waals surface area contributed by atoms with Gasteiger partial charge in [0.1, 0.15) is 23.3 Å². The van der Waals surface area contributed by atoms with Crippen LogP contribution in [0.4, 0.5) is 5.69 Å². The number of hydroxylamine groups is 2. The number of para-hydroxylation sites is 2. The molecule has 3 heterocycles. The van der Waals surface area contributed by atoms with E-state index in [0.29, 0.717) is 16.8 Å². The van der Waals surface area contributed by atoms with Gasteiger partial charge in [0, 0.05) is 12.0 Å². The molecule has 10 heteroatoms. The van der Waals surface area contributed by atoms with Crippen molar-refractivity contribution in [3.8, 4) is 0 Å². The molecular formula is C23H22N4O6. The third-order valence-corrected chi connectivity index (χ3v) is 6.66. The first kappa shape index (κ1) is 21.3. The van der Waals surface area contributed by atoms with Crippen molar-refractivity contribution in [3.63, 3.8) is 0 Å². The maximum Gasteiger partial charge on any atom is 0.326 e. The van der Waals surface area contributed by atoms with Gasteiger partial charge in [0.2, 0.25) is 0 Å². The van der Waals surface area contributed by atoms with E-state index >= 15 is 0 Å². The highest BCUT2D eigenvalue weighted by Gasteiger charge is 2.65. The van der Waals surface area contributed by atoms with Gasteiger partial charge in [0.15, 0.2) is 0 Å². The Morgan fingerprint density at radius 3 is 2.52 bits per heavy atom. The third-order valence-electron chi connectivity index (χ3n) is 6.66. The Morgan fingerprint density at radius 1 is 1.12 bits per heavy atom. The first-order valence-electron chi connectivity index (χ1n) is 10.4. The molecule has 5 rings (SSSR count). The topological polar surface area (TPSA) is 136 Å². The minimum absolute atomic E-state index is 0.243. The summed E-state index contributed by atoms with van der Waals surface area (Å²) in [5.74, 6) is -1.79. The van der Waals surface area contributed by atoms with Gasteiger partial charge in [-0.15, -0.1) is 0 Å². The summed E-state index contributed by atoms with van der Waals surface area (Å²) in [6, 6.07) is 11.6. The molecule has 3 N–H and O–H groups in total. The molecule has 170 valence electrons. The summed E-state index contributed by atoms with van der Waals surface area (Å²) in [6.45, 7) is 3.03. The SMILES string of the molecule is CC1(C)C(=O)N2c3ccccc3[C@](O)(C[C@@H](C(=O)O)n3cnc4ccccc4c3=O)[C@@H]2N1O. The highest BCUT2D eigenvalue weighted by atomic mass is 16.5. The van der Waals surface area contributed by atoms with E-state index in [4.69, 9.17) is 0 Å². The van der Waals surface area contributed by atoms with Crippen LogP contribution in [-0.2, 0) is 15.2 Å². The van der Waals surface area contributed by atoms with Crippen molar-refractivity contribution in [2.45, 2.75) is 43.6 Å². The predicted molar refractivity (Wildman–Crippen MR) is 117 cm³/mol. The number of carbonyl (C=O) groups is 2. The van der Waals surface area contributed by atoms with Gasteiger partial charge in [-0.05, 0) is 32.0 Å². The van der Waals surface area contributed by atoms with Crippen molar-refractivity contribution in [2.24, 2.45) is 0 Å². The number of aliphatic hydroxyl groups is 1. The summed E-state index contributed by atoms with van der Waals surface area (Å²) in [6.07, 6.45) is -0.601. The maximum absolute atomic E-state index is 13.1. The summed E-state index contributed by atoms with van der Waals surface area (Å²) in [5.41, 5.74) is -2.79. The number of aliphatic carboxylic acids is 1. The van der Waals surface area contributed by atoms with Gasteiger partial charge >= 0.3 is 5.97 Å². The largest absolute Gasteiger partial charge is 0.480 e. The second kappa shape index (κ2) is 6.95. The van der Waals surface area contributed by atoms with Crippen LogP contribution >= 0.6 is 0 Å². The first-order valence-corrected chi connectivity index (χ1v) is 10.4. The molecule has 1 amide bonds. The molecule has 3 atom stereocenters. The number of carboxylic acids is 1. The summed E-state index contributed by atoms with van der Waals surface area (Å²) < 4.78 is 0.970. The van der Waals surface area contributed by atoms with E-state index in [1.807, 2.05) is 0 Å². The normalized spacial score (nSPS) is 24.7. The lowest BCUT2D eigenvalue weighted by atomic mass is 9.85. The molecule has 0 unspecified atom stereocenters. The molecule has 0 spiro atoms. The van der Waals surface area contributed by atoms with Crippen molar-refractivity contribution < 1.29 is 25.0 Å². The summed E-state index contributed by atoms with van der Waals surface area (Å²) in [4.78, 5) is 44.0. The number of nitrogens with zero attached hydrogens (tertiary/aromatic N) is 4. The molecule has 0 radical (unpaired) electrons. The van der Waals surface area contributed by atoms with Gasteiger partial charge in [-0.1, -0.05) is 30.3 Å². The molecule has 10 nitrogen and oxygen atoms in total. The Balaban J connectivity index is 1.66. The van der Waals surface area contributed by atoms with Gasteiger partial charge < -0.3 is 15.4 Å². The average Bonchev–Trinajstić information content (AvgIpc) is 3.15. The zero-order valence-electron chi connectivity index (χ0n) is 17.9. The number of carbonyl (C=O) groups excluding carboxylic acids is 1. The highest BCUT2D eigenvalue weighted by molar-refractivity contribution is 6.04. The molecule has 1 saturated heterocycles. The number of amides is 1. The lowest BCUT2D eigenvalue weighted by molar-refractivity contribution is -0.210. The smallest absolute Gasteiger partial charge is 0.326 e. The summed E-state index contributed by atoms with van der Waals surface area (Å²) in [7, 11) is 0. The van der Waals surface area contributed by atoms with Crippen LogP contribution in [-0.4, -0.2) is 53.6 Å². The van der Waals surface area contributed by atoms with Crippen LogP contribution in [0.3, 0.4) is 0 Å². The maximum atomic E-state index is 13.1. The number of hydrogen-bond acceptors (Lipinski definition) is 7. The lowest BCUT2D eigenvalue weighted by Gasteiger charge is -2.37. The molecular weight excluding hydrogens is 428 g/mol. The van der Waals surface area contributed by atoms with Crippen molar-refractivity contribution in [3.05, 3.63) is 70.8 Å². The molecule has 2 aliphatic rings. The van der Waals surface area contributed by atoms with E-state index in [-0.39, 0.29) is 5.39 Å². The number of carboxylic acid groups (broad SMARTS) is 1. The molecule has 33 heavy (non-hydrogen) atoms. The van der Waals surface area contributed by atoms with Crippen LogP contribution in [0.25, 0.3) is 10.9 Å². The molecule has 1 fully saturated rings. The van der Waals surface area contributed by atoms with E-state index in [1.54, 1.807) is 48.5 Å². The standard InChI is InChI=1S/C23H22N4O6/c1-22(2)21(31)26-16-10-6-4-8-14(16)23(32,20(26)27(22)33)11-17(19(29)30)25-12-24-15-9-5-3-7-13(15)18(25)28/h3-10,12,17,20,32-33H,11H2,1-2H3,(H,29,30)/t17-,20-,23+/m0/s1. The number of fused-ring (bicyclic) bond motifs is 4. The number of hydrogen-bond donors (Lipinski definition) is 3. The van der Waals surface area contributed by atoms with Crippen LogP contribution in [0.1, 0.15) is 31.9 Å². The van der Waals surface area contributed by atoms with Crippen LogP contribution in [0.15, 0.2) is 59.7 Å². The minimum atomic E-state index is -1.98. The number of aromatic nitrogens is 2. The Kier molecular flexibility index (Phi) is 4.47. The Bertz CT molecular complexity index is 1370. The fourth-order valence-corrected chi connectivity index (χ4v) is 4.88. The van der Waals surface area contributed by atoms with E-state index in [1.165, 1.54) is 18.7 Å². The van der Waals surface area contributed by atoms with Gasteiger partial charge in [0.25, 0.3) is 11.5 Å². The lowest BCUT2D eigenvalue weighted by Crippen LogP contribution is -2.53. The molecule has 2 aromatic carbocycles. The van der Waals surface area contributed by atoms with E-state index in [2.05, 4.69) is 4.98 Å². The minimum Gasteiger partial charge on any atom is -0.480 e. The first-order chi connectivity index (χ1) is 15.6. The van der Waals surface area contributed by atoms with Crippen molar-refractivity contribution in [2.75, 3.05) is 4.90 Å². The van der Waals surface area contributed by atoms with E-state index < -0.39 is 47.2 Å². The number of benzene rings is 2. The molecule has 0 bridgehead atoms. The molecule has 0 saturated carbocycles. The van der Waals surface area contributed by atoms with E-state index in [0.717, 1.165) is 16.0 Å². The quantitative estimate of drug-likeness (QED) is 0.544. The Morgan fingerprint density at radius 2 is 1.79 bits per heavy atom. The average molecular weight is 450 g/mol. The fourth-order valence-electron chi connectivity index (χ4n) is 4.88. The third kappa shape index (κ3) is 2.78.